The van der Waals surface area contributed by atoms with Crippen LogP contribution >= 0.6 is 0 Å². The van der Waals surface area contributed by atoms with E-state index in [4.69, 9.17) is 0 Å². The summed E-state index contributed by atoms with van der Waals surface area (Å²) in [4.78, 5) is 6.72. The van der Waals surface area contributed by atoms with E-state index in [2.05, 4.69) is 42.0 Å². The number of piperidine rings is 1. The van der Waals surface area contributed by atoms with Crippen LogP contribution in [0.25, 0.3) is 0 Å². The van der Waals surface area contributed by atoms with E-state index in [1.54, 1.807) is 0 Å². The Morgan fingerprint density at radius 1 is 1.37 bits per heavy atom. The van der Waals surface area contributed by atoms with E-state index < -0.39 is 0 Å². The maximum absolute atomic E-state index is 4.14. The van der Waals surface area contributed by atoms with E-state index in [0.717, 1.165) is 13.0 Å². The van der Waals surface area contributed by atoms with Crippen molar-refractivity contribution in [1.29, 1.82) is 0 Å². The molecule has 1 N–H and O–H groups in total. The maximum Gasteiger partial charge on any atom is 0.0299 e. The van der Waals surface area contributed by atoms with Gasteiger partial charge < -0.3 is 10.2 Å². The molecule has 0 spiro atoms. The van der Waals surface area contributed by atoms with Gasteiger partial charge >= 0.3 is 0 Å². The SMILES string of the molecule is Cc1cnccc1CCNC1CCN(C(C)C)CC1. The first kappa shape index (κ1) is 14.5. The Morgan fingerprint density at radius 2 is 2.11 bits per heavy atom. The average molecular weight is 261 g/mol. The Labute approximate surface area is 117 Å². The molecule has 0 aliphatic carbocycles. The highest BCUT2D eigenvalue weighted by Crippen LogP contribution is 2.13. The molecule has 0 unspecified atom stereocenters. The fourth-order valence-corrected chi connectivity index (χ4v) is 2.81. The highest BCUT2D eigenvalue weighted by atomic mass is 15.2. The molecule has 0 bridgehead atoms. The fourth-order valence-electron chi connectivity index (χ4n) is 2.81. The molecule has 1 saturated heterocycles. The van der Waals surface area contributed by atoms with Gasteiger partial charge in [0.05, 0.1) is 0 Å². The van der Waals surface area contributed by atoms with Crippen molar-refractivity contribution in [2.24, 2.45) is 0 Å². The van der Waals surface area contributed by atoms with Crippen LogP contribution in [0.5, 0.6) is 0 Å². The first-order valence-corrected chi connectivity index (χ1v) is 7.53. The summed E-state index contributed by atoms with van der Waals surface area (Å²) in [5, 5.41) is 3.71. The molecule has 0 saturated carbocycles. The number of aromatic nitrogens is 1. The molecule has 1 aromatic heterocycles. The second-order valence-corrected chi connectivity index (χ2v) is 5.91. The van der Waals surface area contributed by atoms with Crippen molar-refractivity contribution < 1.29 is 0 Å². The highest BCUT2D eigenvalue weighted by molar-refractivity contribution is 5.21. The van der Waals surface area contributed by atoms with Gasteiger partial charge in [0.25, 0.3) is 0 Å². The molecule has 0 amide bonds. The summed E-state index contributed by atoms with van der Waals surface area (Å²) >= 11 is 0. The number of likely N-dealkylation sites (tertiary alicyclic amines) is 1. The van der Waals surface area contributed by atoms with E-state index >= 15 is 0 Å². The standard InChI is InChI=1S/C16H27N3/c1-13(2)19-10-6-16(7-11-19)18-9-5-15-4-8-17-12-14(15)3/h4,8,12-13,16,18H,5-7,9-11H2,1-3H3. The number of aryl methyl sites for hydroxylation is 1. The van der Waals surface area contributed by atoms with Gasteiger partial charge in [0.15, 0.2) is 0 Å². The molecule has 0 aromatic carbocycles. The Morgan fingerprint density at radius 3 is 2.74 bits per heavy atom. The minimum atomic E-state index is 0.695. The minimum Gasteiger partial charge on any atom is -0.314 e. The zero-order chi connectivity index (χ0) is 13.7. The van der Waals surface area contributed by atoms with Gasteiger partial charge in [-0.2, -0.15) is 0 Å². The third-order valence-corrected chi connectivity index (χ3v) is 4.22. The van der Waals surface area contributed by atoms with E-state index in [9.17, 15) is 0 Å². The fraction of sp³-hybridized carbons (Fsp3) is 0.688. The quantitative estimate of drug-likeness (QED) is 0.882. The number of hydrogen-bond acceptors (Lipinski definition) is 3. The third kappa shape index (κ3) is 4.29. The monoisotopic (exact) mass is 261 g/mol. The van der Waals surface area contributed by atoms with Crippen molar-refractivity contribution in [2.45, 2.75) is 52.1 Å². The maximum atomic E-state index is 4.14. The van der Waals surface area contributed by atoms with Gasteiger partial charge in [0.1, 0.15) is 0 Å². The number of pyridine rings is 1. The van der Waals surface area contributed by atoms with E-state index in [-0.39, 0.29) is 0 Å². The van der Waals surface area contributed by atoms with Gasteiger partial charge in [-0.3, -0.25) is 4.98 Å². The van der Waals surface area contributed by atoms with Gasteiger partial charge in [0.2, 0.25) is 0 Å². The number of nitrogens with one attached hydrogen (secondary N) is 1. The van der Waals surface area contributed by atoms with Crippen LogP contribution in [0.15, 0.2) is 18.5 Å². The summed E-state index contributed by atoms with van der Waals surface area (Å²) in [6, 6.07) is 3.54. The van der Waals surface area contributed by atoms with Crippen LogP contribution in [-0.4, -0.2) is 41.6 Å². The van der Waals surface area contributed by atoms with Crippen LogP contribution in [0.2, 0.25) is 0 Å². The second-order valence-electron chi connectivity index (χ2n) is 5.91. The molecule has 106 valence electrons. The van der Waals surface area contributed by atoms with Crippen molar-refractivity contribution in [3.63, 3.8) is 0 Å². The molecular weight excluding hydrogens is 234 g/mol. The largest absolute Gasteiger partial charge is 0.314 e. The summed E-state index contributed by atoms with van der Waals surface area (Å²) in [5.74, 6) is 0. The molecule has 19 heavy (non-hydrogen) atoms. The molecule has 1 fully saturated rings. The molecule has 3 nitrogen and oxygen atoms in total. The van der Waals surface area contributed by atoms with Crippen molar-refractivity contribution in [3.8, 4) is 0 Å². The van der Waals surface area contributed by atoms with E-state index in [1.165, 1.54) is 37.1 Å². The van der Waals surface area contributed by atoms with Crippen LogP contribution in [0.4, 0.5) is 0 Å². The van der Waals surface area contributed by atoms with Gasteiger partial charge in [0, 0.05) is 24.5 Å². The molecule has 1 aliphatic heterocycles. The molecule has 1 aromatic rings. The number of nitrogens with zero attached hydrogens (tertiary/aromatic N) is 2. The van der Waals surface area contributed by atoms with Gasteiger partial charge in [-0.15, -0.1) is 0 Å². The lowest BCUT2D eigenvalue weighted by molar-refractivity contribution is 0.161. The topological polar surface area (TPSA) is 28.2 Å². The van der Waals surface area contributed by atoms with Crippen LogP contribution in [-0.2, 0) is 6.42 Å². The van der Waals surface area contributed by atoms with Gasteiger partial charge in [-0.05, 0) is 76.9 Å². The zero-order valence-electron chi connectivity index (χ0n) is 12.5. The zero-order valence-corrected chi connectivity index (χ0v) is 12.5. The van der Waals surface area contributed by atoms with Crippen LogP contribution in [0.1, 0.15) is 37.8 Å². The first-order valence-electron chi connectivity index (χ1n) is 7.53. The Kier molecular flexibility index (Phi) is 5.34. The predicted octanol–water partition coefficient (Wildman–Crippen LogP) is 2.39. The average Bonchev–Trinajstić information content (AvgIpc) is 2.41. The smallest absolute Gasteiger partial charge is 0.0299 e. The molecular formula is C16H27N3. The van der Waals surface area contributed by atoms with Gasteiger partial charge in [-0.25, -0.2) is 0 Å². The van der Waals surface area contributed by atoms with Crippen LogP contribution in [0.3, 0.4) is 0 Å². The molecule has 1 aliphatic rings. The molecule has 2 rings (SSSR count). The summed E-state index contributed by atoms with van der Waals surface area (Å²) in [6.45, 7) is 10.3. The number of hydrogen-bond donors (Lipinski definition) is 1. The summed E-state index contributed by atoms with van der Waals surface area (Å²) < 4.78 is 0. The lowest BCUT2D eigenvalue weighted by Gasteiger charge is -2.35. The Hall–Kier alpha value is -0.930. The van der Waals surface area contributed by atoms with Gasteiger partial charge in [-0.1, -0.05) is 0 Å². The van der Waals surface area contributed by atoms with E-state index in [1.807, 2.05) is 12.4 Å². The van der Waals surface area contributed by atoms with Crippen LogP contribution < -0.4 is 5.32 Å². The van der Waals surface area contributed by atoms with Crippen molar-refractivity contribution in [1.82, 2.24) is 15.2 Å². The lowest BCUT2D eigenvalue weighted by atomic mass is 10.0. The number of rotatable bonds is 5. The first-order chi connectivity index (χ1) is 9.16. The van der Waals surface area contributed by atoms with E-state index in [0.29, 0.717) is 12.1 Å². The molecule has 2 heterocycles. The summed E-state index contributed by atoms with van der Waals surface area (Å²) in [5.41, 5.74) is 2.72. The van der Waals surface area contributed by atoms with Crippen LogP contribution in [0, 0.1) is 6.92 Å². The molecule has 3 heteroatoms. The lowest BCUT2D eigenvalue weighted by Crippen LogP contribution is -2.45. The Bertz CT molecular complexity index is 381. The van der Waals surface area contributed by atoms with Crippen molar-refractivity contribution >= 4 is 0 Å². The summed E-state index contributed by atoms with van der Waals surface area (Å²) in [6.07, 6.45) is 7.53. The van der Waals surface area contributed by atoms with Crippen molar-refractivity contribution in [3.05, 3.63) is 29.6 Å². The predicted molar refractivity (Wildman–Crippen MR) is 80.4 cm³/mol. The highest BCUT2D eigenvalue weighted by Gasteiger charge is 2.19. The Balaban J connectivity index is 1.69. The molecule has 0 radical (unpaired) electrons. The minimum absolute atomic E-state index is 0.695. The second kappa shape index (κ2) is 7.01. The normalized spacial score (nSPS) is 18.1. The molecule has 0 atom stereocenters. The summed E-state index contributed by atoms with van der Waals surface area (Å²) in [7, 11) is 0. The third-order valence-electron chi connectivity index (χ3n) is 4.22. The van der Waals surface area contributed by atoms with Crippen molar-refractivity contribution in [2.75, 3.05) is 19.6 Å².